The molecule has 0 aliphatic heterocycles. The van der Waals surface area contributed by atoms with Crippen molar-refractivity contribution in [1.82, 2.24) is 19.2 Å². The zero-order valence-electron chi connectivity index (χ0n) is 11.2. The van der Waals surface area contributed by atoms with Crippen molar-refractivity contribution in [2.24, 2.45) is 0 Å². The molecule has 0 saturated heterocycles. The van der Waals surface area contributed by atoms with Gasteiger partial charge >= 0.3 is 0 Å². The molecular formula is C11H22N4O2S. The Kier molecular flexibility index (Phi) is 5.77. The van der Waals surface area contributed by atoms with Gasteiger partial charge in [-0.15, -0.1) is 0 Å². The van der Waals surface area contributed by atoms with E-state index in [1.807, 2.05) is 13.8 Å². The number of nitrogens with one attached hydrogen (secondary N) is 2. The van der Waals surface area contributed by atoms with Gasteiger partial charge in [0.2, 0.25) is 0 Å². The van der Waals surface area contributed by atoms with E-state index in [2.05, 4.69) is 14.9 Å². The Morgan fingerprint density at radius 2 is 2.00 bits per heavy atom. The Bertz CT molecular complexity index is 424. The normalized spacial score (nSPS) is 14.0. The molecule has 104 valence electrons. The van der Waals surface area contributed by atoms with Gasteiger partial charge in [-0.2, -0.15) is 22.5 Å². The Hall–Kier alpha value is -0.920. The summed E-state index contributed by atoms with van der Waals surface area (Å²) < 4.78 is 28.6. The Balaban J connectivity index is 2.72. The van der Waals surface area contributed by atoms with Crippen molar-refractivity contribution in [2.45, 2.75) is 39.7 Å². The van der Waals surface area contributed by atoms with Crippen LogP contribution >= 0.6 is 0 Å². The summed E-state index contributed by atoms with van der Waals surface area (Å²) in [4.78, 5) is 0. The summed E-state index contributed by atoms with van der Waals surface area (Å²) in [5, 5.41) is 6.49. The second-order valence-corrected chi connectivity index (χ2v) is 5.98. The number of H-pyrrole nitrogens is 1. The van der Waals surface area contributed by atoms with Crippen molar-refractivity contribution in [3.8, 4) is 0 Å². The predicted molar refractivity (Wildman–Crippen MR) is 71.2 cm³/mol. The van der Waals surface area contributed by atoms with E-state index >= 15 is 0 Å². The lowest BCUT2D eigenvalue weighted by Crippen LogP contribution is -2.42. The zero-order chi connectivity index (χ0) is 13.6. The topological polar surface area (TPSA) is 78.1 Å². The average molecular weight is 274 g/mol. The number of hydrogen-bond acceptors (Lipinski definition) is 3. The molecule has 0 aliphatic rings. The van der Waals surface area contributed by atoms with Gasteiger partial charge < -0.3 is 0 Å². The highest BCUT2D eigenvalue weighted by molar-refractivity contribution is 7.87. The lowest BCUT2D eigenvalue weighted by Gasteiger charge is -2.23. The lowest BCUT2D eigenvalue weighted by atomic mass is 10.2. The first-order valence-corrected chi connectivity index (χ1v) is 7.71. The maximum Gasteiger partial charge on any atom is 0.279 e. The van der Waals surface area contributed by atoms with Crippen LogP contribution in [0.1, 0.15) is 45.2 Å². The fourth-order valence-corrected chi connectivity index (χ4v) is 3.29. The molecule has 1 rings (SSSR count). The molecule has 0 radical (unpaired) electrons. The molecule has 1 atom stereocenters. The first-order chi connectivity index (χ1) is 8.51. The summed E-state index contributed by atoms with van der Waals surface area (Å²) in [5.74, 6) is 0. The van der Waals surface area contributed by atoms with Crippen molar-refractivity contribution >= 4 is 10.2 Å². The first-order valence-electron chi connectivity index (χ1n) is 6.27. The molecule has 1 aromatic heterocycles. The van der Waals surface area contributed by atoms with Crippen molar-refractivity contribution in [1.29, 1.82) is 0 Å². The van der Waals surface area contributed by atoms with Gasteiger partial charge in [-0.1, -0.05) is 13.8 Å². The summed E-state index contributed by atoms with van der Waals surface area (Å²) in [6.07, 6.45) is 4.93. The van der Waals surface area contributed by atoms with E-state index in [-0.39, 0.29) is 6.04 Å². The SMILES string of the molecule is CCCN(CCC)S(=O)(=O)NC(C)c1cn[nH]c1. The summed E-state index contributed by atoms with van der Waals surface area (Å²) in [7, 11) is -3.43. The minimum Gasteiger partial charge on any atom is -0.285 e. The lowest BCUT2D eigenvalue weighted by molar-refractivity contribution is 0.397. The maximum atomic E-state index is 12.2. The Morgan fingerprint density at radius 3 is 2.44 bits per heavy atom. The van der Waals surface area contributed by atoms with Crippen LogP contribution in [0.5, 0.6) is 0 Å². The quantitative estimate of drug-likeness (QED) is 0.752. The predicted octanol–water partition coefficient (Wildman–Crippen LogP) is 1.43. The van der Waals surface area contributed by atoms with Crippen LogP contribution in [-0.4, -0.2) is 36.0 Å². The third kappa shape index (κ3) is 4.08. The van der Waals surface area contributed by atoms with Crippen LogP contribution in [0, 0.1) is 0 Å². The van der Waals surface area contributed by atoms with Crippen molar-refractivity contribution < 1.29 is 8.42 Å². The number of aromatic nitrogens is 2. The molecule has 1 heterocycles. The minimum absolute atomic E-state index is 0.287. The second kappa shape index (κ2) is 6.86. The van der Waals surface area contributed by atoms with E-state index in [4.69, 9.17) is 0 Å². The van der Waals surface area contributed by atoms with Gasteiger partial charge in [0.1, 0.15) is 0 Å². The Labute approximate surface area is 109 Å². The van der Waals surface area contributed by atoms with E-state index in [0.717, 1.165) is 18.4 Å². The minimum atomic E-state index is -3.43. The molecular weight excluding hydrogens is 252 g/mol. The molecule has 0 aromatic carbocycles. The number of rotatable bonds is 8. The second-order valence-electron chi connectivity index (χ2n) is 4.28. The van der Waals surface area contributed by atoms with Gasteiger partial charge in [0, 0.05) is 30.9 Å². The summed E-state index contributed by atoms with van der Waals surface area (Å²) in [5.41, 5.74) is 0.825. The average Bonchev–Trinajstić information content (AvgIpc) is 2.81. The molecule has 0 spiro atoms. The van der Waals surface area contributed by atoms with Crippen LogP contribution in [0.25, 0.3) is 0 Å². The van der Waals surface area contributed by atoms with Crippen molar-refractivity contribution in [3.63, 3.8) is 0 Å². The molecule has 1 aromatic rings. The summed E-state index contributed by atoms with van der Waals surface area (Å²) in [6, 6.07) is -0.287. The largest absolute Gasteiger partial charge is 0.285 e. The van der Waals surface area contributed by atoms with Gasteiger partial charge in [0.05, 0.1) is 6.20 Å². The van der Waals surface area contributed by atoms with Crippen LogP contribution in [0.4, 0.5) is 0 Å². The number of aromatic amines is 1. The molecule has 2 N–H and O–H groups in total. The first kappa shape index (κ1) is 15.1. The van der Waals surface area contributed by atoms with Gasteiger partial charge in [-0.05, 0) is 19.8 Å². The third-order valence-corrected chi connectivity index (χ3v) is 4.33. The smallest absolute Gasteiger partial charge is 0.279 e. The molecule has 0 bridgehead atoms. The summed E-state index contributed by atoms with van der Waals surface area (Å²) >= 11 is 0. The van der Waals surface area contributed by atoms with Crippen LogP contribution in [0.2, 0.25) is 0 Å². The van der Waals surface area contributed by atoms with Gasteiger partial charge in [0.25, 0.3) is 10.2 Å². The van der Waals surface area contributed by atoms with E-state index in [1.54, 1.807) is 19.3 Å². The standard InChI is InChI=1S/C11H22N4O2S/c1-4-6-15(7-5-2)18(16,17)14-10(3)11-8-12-13-9-11/h8-10,14H,4-7H2,1-3H3,(H,12,13). The highest BCUT2D eigenvalue weighted by atomic mass is 32.2. The fraction of sp³-hybridized carbons (Fsp3) is 0.727. The monoisotopic (exact) mass is 274 g/mol. The van der Waals surface area contributed by atoms with Gasteiger partial charge in [0.15, 0.2) is 0 Å². The molecule has 1 unspecified atom stereocenters. The van der Waals surface area contributed by atoms with E-state index in [9.17, 15) is 8.42 Å². The van der Waals surface area contributed by atoms with Crippen LogP contribution < -0.4 is 4.72 Å². The molecule has 6 nitrogen and oxygen atoms in total. The van der Waals surface area contributed by atoms with E-state index in [1.165, 1.54) is 4.31 Å². The molecule has 0 amide bonds. The zero-order valence-corrected chi connectivity index (χ0v) is 12.0. The number of nitrogens with zero attached hydrogens (tertiary/aromatic N) is 2. The molecule has 7 heteroatoms. The maximum absolute atomic E-state index is 12.2. The van der Waals surface area contributed by atoms with E-state index < -0.39 is 10.2 Å². The van der Waals surface area contributed by atoms with Gasteiger partial charge in [-0.25, -0.2) is 0 Å². The molecule has 0 saturated carbocycles. The highest BCUT2D eigenvalue weighted by Gasteiger charge is 2.23. The number of hydrogen-bond donors (Lipinski definition) is 2. The van der Waals surface area contributed by atoms with Crippen LogP contribution in [-0.2, 0) is 10.2 Å². The van der Waals surface area contributed by atoms with E-state index in [0.29, 0.717) is 13.1 Å². The molecule has 0 aliphatic carbocycles. The molecule has 18 heavy (non-hydrogen) atoms. The third-order valence-electron chi connectivity index (χ3n) is 2.63. The summed E-state index contributed by atoms with van der Waals surface area (Å²) in [6.45, 7) is 6.83. The van der Waals surface area contributed by atoms with Crippen molar-refractivity contribution in [3.05, 3.63) is 18.0 Å². The van der Waals surface area contributed by atoms with Crippen LogP contribution in [0.15, 0.2) is 12.4 Å². The Morgan fingerprint density at radius 1 is 1.39 bits per heavy atom. The van der Waals surface area contributed by atoms with Crippen molar-refractivity contribution in [2.75, 3.05) is 13.1 Å². The highest BCUT2D eigenvalue weighted by Crippen LogP contribution is 2.12. The molecule has 0 fully saturated rings. The fourth-order valence-electron chi connectivity index (χ4n) is 1.71. The van der Waals surface area contributed by atoms with Gasteiger partial charge in [-0.3, -0.25) is 5.10 Å². The van der Waals surface area contributed by atoms with Crippen LogP contribution in [0.3, 0.4) is 0 Å².